The predicted octanol–water partition coefficient (Wildman–Crippen LogP) is 3.94. The van der Waals surface area contributed by atoms with Crippen LogP contribution in [0.3, 0.4) is 0 Å². The first-order valence-corrected chi connectivity index (χ1v) is 10.6. The van der Waals surface area contributed by atoms with Gasteiger partial charge in [-0.3, -0.25) is 9.59 Å². The van der Waals surface area contributed by atoms with Crippen molar-refractivity contribution in [3.8, 4) is 5.75 Å². The van der Waals surface area contributed by atoms with E-state index < -0.39 is 12.0 Å². The van der Waals surface area contributed by atoms with Gasteiger partial charge in [0.05, 0.1) is 5.56 Å². The Hall–Kier alpha value is -3.58. The molecule has 3 amide bonds. The maximum atomic E-state index is 12.8. The number of rotatable bonds is 3. The Labute approximate surface area is 190 Å². The van der Waals surface area contributed by atoms with Crippen LogP contribution >= 0.6 is 11.6 Å². The van der Waals surface area contributed by atoms with E-state index in [1.54, 1.807) is 53.4 Å². The van der Waals surface area contributed by atoms with E-state index in [1.807, 2.05) is 12.1 Å². The highest BCUT2D eigenvalue weighted by molar-refractivity contribution is 6.30. The van der Waals surface area contributed by atoms with Gasteiger partial charge in [-0.1, -0.05) is 41.9 Å². The van der Waals surface area contributed by atoms with Gasteiger partial charge in [-0.2, -0.15) is 0 Å². The van der Waals surface area contributed by atoms with E-state index in [1.165, 1.54) is 4.90 Å². The number of carbonyl (C=O) groups is 3. The van der Waals surface area contributed by atoms with Crippen LogP contribution in [0.2, 0.25) is 5.02 Å². The second-order valence-corrected chi connectivity index (χ2v) is 7.97. The molecule has 0 aliphatic carbocycles. The van der Waals surface area contributed by atoms with Crippen molar-refractivity contribution in [2.45, 2.75) is 6.42 Å². The molecule has 0 aromatic heterocycles. The lowest BCUT2D eigenvalue weighted by molar-refractivity contribution is 0.0759. The largest absolute Gasteiger partial charge is 0.415 e. The number of hydrogen-bond donors (Lipinski definition) is 1. The van der Waals surface area contributed by atoms with Crippen molar-refractivity contribution in [1.29, 1.82) is 0 Å². The van der Waals surface area contributed by atoms with Crippen LogP contribution in [0.4, 0.5) is 4.79 Å². The number of hydrogen-bond acceptors (Lipinski definition) is 4. The Balaban J connectivity index is 1.47. The summed E-state index contributed by atoms with van der Waals surface area (Å²) in [5.74, 6) is -0.651. The summed E-state index contributed by atoms with van der Waals surface area (Å²) in [5, 5.41) is 2.02. The molecule has 0 spiro atoms. The van der Waals surface area contributed by atoms with Crippen molar-refractivity contribution in [1.82, 2.24) is 9.80 Å². The zero-order valence-electron chi connectivity index (χ0n) is 17.3. The van der Waals surface area contributed by atoms with E-state index in [0.717, 1.165) is 5.39 Å². The Morgan fingerprint density at radius 1 is 0.844 bits per heavy atom. The average Bonchev–Trinajstić information content (AvgIpc) is 3.05. The first-order valence-electron chi connectivity index (χ1n) is 10.3. The fraction of sp³-hybridized carbons (Fsp3) is 0.208. The normalized spacial score (nSPS) is 14.2. The van der Waals surface area contributed by atoms with E-state index in [4.69, 9.17) is 22.1 Å². The highest BCUT2D eigenvalue weighted by atomic mass is 35.5. The molecule has 3 aromatic rings. The minimum Gasteiger partial charge on any atom is -0.409 e. The summed E-state index contributed by atoms with van der Waals surface area (Å²) >= 11 is 5.90. The SMILES string of the molecule is NC(=O)c1c(OC(=O)N2CCCN(C(=O)c3ccc(Cl)cc3)CC2)ccc2ccccc12. The summed E-state index contributed by atoms with van der Waals surface area (Å²) in [6, 6.07) is 17.3. The summed E-state index contributed by atoms with van der Waals surface area (Å²) in [5.41, 5.74) is 6.30. The van der Waals surface area contributed by atoms with Gasteiger partial charge < -0.3 is 20.3 Å². The maximum Gasteiger partial charge on any atom is 0.415 e. The predicted molar refractivity (Wildman–Crippen MR) is 122 cm³/mol. The van der Waals surface area contributed by atoms with Gasteiger partial charge in [-0.15, -0.1) is 0 Å². The van der Waals surface area contributed by atoms with Gasteiger partial charge >= 0.3 is 6.09 Å². The van der Waals surface area contributed by atoms with Crippen LogP contribution in [-0.4, -0.2) is 53.9 Å². The third-order valence-corrected chi connectivity index (χ3v) is 5.72. The van der Waals surface area contributed by atoms with Gasteiger partial charge in [0.2, 0.25) is 0 Å². The van der Waals surface area contributed by atoms with Crippen LogP contribution < -0.4 is 10.5 Å². The van der Waals surface area contributed by atoms with Gasteiger partial charge in [-0.05, 0) is 47.5 Å². The molecule has 7 nitrogen and oxygen atoms in total. The second kappa shape index (κ2) is 9.28. The Morgan fingerprint density at radius 3 is 2.28 bits per heavy atom. The number of fused-ring (bicyclic) bond motifs is 1. The molecular weight excluding hydrogens is 430 g/mol. The molecule has 1 fully saturated rings. The molecule has 0 atom stereocenters. The third-order valence-electron chi connectivity index (χ3n) is 5.47. The molecule has 32 heavy (non-hydrogen) atoms. The molecule has 1 aliphatic heterocycles. The summed E-state index contributed by atoms with van der Waals surface area (Å²) in [4.78, 5) is 41.0. The lowest BCUT2D eigenvalue weighted by atomic mass is 10.0. The zero-order valence-corrected chi connectivity index (χ0v) is 18.0. The van der Waals surface area contributed by atoms with E-state index in [0.29, 0.717) is 48.6 Å². The van der Waals surface area contributed by atoms with Crippen LogP contribution in [-0.2, 0) is 0 Å². The van der Waals surface area contributed by atoms with Crippen molar-refractivity contribution in [2.24, 2.45) is 5.73 Å². The fourth-order valence-corrected chi connectivity index (χ4v) is 3.95. The van der Waals surface area contributed by atoms with Crippen LogP contribution in [0.1, 0.15) is 27.1 Å². The maximum absolute atomic E-state index is 12.8. The number of carbonyl (C=O) groups excluding carboxylic acids is 3. The zero-order chi connectivity index (χ0) is 22.7. The van der Waals surface area contributed by atoms with E-state index in [9.17, 15) is 14.4 Å². The van der Waals surface area contributed by atoms with Gasteiger partial charge in [0, 0.05) is 36.8 Å². The number of nitrogens with two attached hydrogens (primary N) is 1. The summed E-state index contributed by atoms with van der Waals surface area (Å²) in [6.45, 7) is 1.64. The van der Waals surface area contributed by atoms with Crippen molar-refractivity contribution in [3.05, 3.63) is 76.8 Å². The molecule has 1 heterocycles. The molecule has 164 valence electrons. The Kier molecular flexibility index (Phi) is 6.28. The highest BCUT2D eigenvalue weighted by Gasteiger charge is 2.25. The van der Waals surface area contributed by atoms with Crippen molar-refractivity contribution >= 4 is 40.3 Å². The van der Waals surface area contributed by atoms with Crippen LogP contribution in [0, 0.1) is 0 Å². The number of benzene rings is 3. The minimum atomic E-state index is -0.666. The van der Waals surface area contributed by atoms with Crippen LogP contribution in [0.15, 0.2) is 60.7 Å². The molecule has 1 saturated heterocycles. The third kappa shape index (κ3) is 4.53. The van der Waals surface area contributed by atoms with Crippen LogP contribution in [0.25, 0.3) is 10.8 Å². The number of halogens is 1. The van der Waals surface area contributed by atoms with Crippen molar-refractivity contribution in [2.75, 3.05) is 26.2 Å². The Morgan fingerprint density at radius 2 is 1.53 bits per heavy atom. The number of ether oxygens (including phenoxy) is 1. The first kappa shape index (κ1) is 21.6. The lowest BCUT2D eigenvalue weighted by Gasteiger charge is -2.22. The standard InChI is InChI=1S/C24H22ClN3O4/c25-18-9-6-17(7-10-18)23(30)27-12-3-13-28(15-14-27)24(31)32-20-11-8-16-4-1-2-5-19(16)21(20)22(26)29/h1-2,4-11H,3,12-15H2,(H2,26,29). The molecule has 8 heteroatoms. The first-order chi connectivity index (χ1) is 15.4. The van der Waals surface area contributed by atoms with Gasteiger partial charge in [0.1, 0.15) is 5.75 Å². The van der Waals surface area contributed by atoms with Gasteiger partial charge in [0.25, 0.3) is 11.8 Å². The molecule has 0 radical (unpaired) electrons. The highest BCUT2D eigenvalue weighted by Crippen LogP contribution is 2.28. The smallest absolute Gasteiger partial charge is 0.409 e. The topological polar surface area (TPSA) is 92.9 Å². The van der Waals surface area contributed by atoms with E-state index >= 15 is 0 Å². The molecule has 0 unspecified atom stereocenters. The van der Waals surface area contributed by atoms with Gasteiger partial charge in [-0.25, -0.2) is 4.79 Å². The molecule has 0 saturated carbocycles. The Bertz CT molecular complexity index is 1180. The second-order valence-electron chi connectivity index (χ2n) is 7.53. The molecule has 1 aliphatic rings. The summed E-state index contributed by atoms with van der Waals surface area (Å²) in [7, 11) is 0. The lowest BCUT2D eigenvalue weighted by Crippen LogP contribution is -2.38. The number of nitrogens with zero attached hydrogens (tertiary/aromatic N) is 2. The average molecular weight is 452 g/mol. The minimum absolute atomic E-state index is 0.109. The van der Waals surface area contributed by atoms with Gasteiger partial charge in [0.15, 0.2) is 0 Å². The molecule has 0 bridgehead atoms. The summed E-state index contributed by atoms with van der Waals surface area (Å²) in [6.07, 6.45) is 0.0260. The molecular formula is C24H22ClN3O4. The van der Waals surface area contributed by atoms with Crippen LogP contribution in [0.5, 0.6) is 5.75 Å². The molecule has 3 aromatic carbocycles. The van der Waals surface area contributed by atoms with E-state index in [-0.39, 0.29) is 17.2 Å². The molecule has 2 N–H and O–H groups in total. The fourth-order valence-electron chi connectivity index (χ4n) is 3.83. The quantitative estimate of drug-likeness (QED) is 0.652. The van der Waals surface area contributed by atoms with Crippen molar-refractivity contribution in [3.63, 3.8) is 0 Å². The molecule has 4 rings (SSSR count). The summed E-state index contributed by atoms with van der Waals surface area (Å²) < 4.78 is 5.57. The van der Waals surface area contributed by atoms with Crippen molar-refractivity contribution < 1.29 is 19.1 Å². The number of primary amides is 1. The monoisotopic (exact) mass is 451 g/mol. The van der Waals surface area contributed by atoms with E-state index in [2.05, 4.69) is 0 Å². The number of amides is 3.